The molecule has 0 aliphatic heterocycles. The third-order valence-electron chi connectivity index (χ3n) is 4.64. The number of hydrogen-bond acceptors (Lipinski definition) is 1. The molecule has 3 atom stereocenters. The molecule has 0 heterocycles. The maximum absolute atomic E-state index is 10.4. The van der Waals surface area contributed by atoms with Crippen molar-refractivity contribution in [2.24, 2.45) is 17.8 Å². The highest BCUT2D eigenvalue weighted by molar-refractivity contribution is 6.35. The van der Waals surface area contributed by atoms with Crippen molar-refractivity contribution in [2.75, 3.05) is 0 Å². The second kappa shape index (κ2) is 5.03. The van der Waals surface area contributed by atoms with E-state index in [2.05, 4.69) is 0 Å². The van der Waals surface area contributed by atoms with Gasteiger partial charge in [-0.1, -0.05) is 42.1 Å². The molecule has 0 aromatic heterocycles. The molecule has 0 spiro atoms. The summed E-state index contributed by atoms with van der Waals surface area (Å²) in [4.78, 5) is 0. The molecule has 0 bridgehead atoms. The van der Waals surface area contributed by atoms with Crippen molar-refractivity contribution in [2.45, 2.75) is 38.2 Å². The fourth-order valence-electron chi connectivity index (χ4n) is 3.69. The SMILES string of the molecule is OC(Cc1c(Cl)cccc1Cl)C1C2CCCCC21. The lowest BCUT2D eigenvalue weighted by Crippen LogP contribution is -2.15. The van der Waals surface area contributed by atoms with Crippen LogP contribution >= 0.6 is 23.2 Å². The largest absolute Gasteiger partial charge is 0.392 e. The minimum atomic E-state index is -0.282. The van der Waals surface area contributed by atoms with Crippen molar-refractivity contribution in [3.63, 3.8) is 0 Å². The van der Waals surface area contributed by atoms with E-state index in [1.165, 1.54) is 25.7 Å². The molecular formula is C15H18Cl2O. The molecule has 2 aliphatic carbocycles. The lowest BCUT2D eigenvalue weighted by molar-refractivity contribution is 0.140. The van der Waals surface area contributed by atoms with Gasteiger partial charge in [-0.15, -0.1) is 0 Å². The third kappa shape index (κ3) is 2.29. The van der Waals surface area contributed by atoms with Gasteiger partial charge in [-0.25, -0.2) is 0 Å². The van der Waals surface area contributed by atoms with Gasteiger partial charge in [0.1, 0.15) is 0 Å². The van der Waals surface area contributed by atoms with Crippen molar-refractivity contribution in [1.29, 1.82) is 0 Å². The van der Waals surface area contributed by atoms with Gasteiger partial charge >= 0.3 is 0 Å². The standard InChI is InChI=1S/C15H18Cl2O/c16-12-6-3-7-13(17)11(12)8-14(18)15-9-4-1-2-5-10(9)15/h3,6-7,9-10,14-15,18H,1-2,4-5,8H2. The van der Waals surface area contributed by atoms with E-state index >= 15 is 0 Å². The van der Waals surface area contributed by atoms with E-state index in [0.29, 0.717) is 22.4 Å². The summed E-state index contributed by atoms with van der Waals surface area (Å²) >= 11 is 12.3. The Bertz CT molecular complexity index is 414. The highest BCUT2D eigenvalue weighted by Crippen LogP contribution is 2.57. The van der Waals surface area contributed by atoms with Crippen LogP contribution in [0.5, 0.6) is 0 Å². The van der Waals surface area contributed by atoms with Crippen molar-refractivity contribution >= 4 is 23.2 Å². The van der Waals surface area contributed by atoms with E-state index < -0.39 is 0 Å². The summed E-state index contributed by atoms with van der Waals surface area (Å²) in [5.41, 5.74) is 0.900. The molecule has 18 heavy (non-hydrogen) atoms. The fourth-order valence-corrected chi connectivity index (χ4v) is 4.24. The van der Waals surface area contributed by atoms with Gasteiger partial charge in [-0.2, -0.15) is 0 Å². The predicted molar refractivity (Wildman–Crippen MR) is 75.1 cm³/mol. The molecule has 0 radical (unpaired) electrons. The van der Waals surface area contributed by atoms with Crippen LogP contribution in [0.3, 0.4) is 0 Å². The van der Waals surface area contributed by atoms with Crippen molar-refractivity contribution in [1.82, 2.24) is 0 Å². The summed E-state index contributed by atoms with van der Waals surface area (Å²) in [6, 6.07) is 5.53. The Kier molecular flexibility index (Phi) is 3.57. The highest BCUT2D eigenvalue weighted by Gasteiger charge is 2.53. The number of aliphatic hydroxyl groups excluding tert-OH is 1. The lowest BCUT2D eigenvalue weighted by Gasteiger charge is -2.13. The highest BCUT2D eigenvalue weighted by atomic mass is 35.5. The number of halogens is 2. The van der Waals surface area contributed by atoms with Crippen molar-refractivity contribution in [3.8, 4) is 0 Å². The van der Waals surface area contributed by atoms with Crippen LogP contribution in [-0.4, -0.2) is 11.2 Å². The summed E-state index contributed by atoms with van der Waals surface area (Å²) in [7, 11) is 0. The Balaban J connectivity index is 1.70. The maximum Gasteiger partial charge on any atom is 0.0615 e. The van der Waals surface area contributed by atoms with Gasteiger partial charge in [0.25, 0.3) is 0 Å². The molecule has 1 aromatic carbocycles. The molecule has 1 aromatic rings. The van der Waals surface area contributed by atoms with Crippen molar-refractivity contribution in [3.05, 3.63) is 33.8 Å². The van der Waals surface area contributed by atoms with Crippen molar-refractivity contribution < 1.29 is 5.11 Å². The Hall–Kier alpha value is -0.240. The first-order valence-corrected chi connectivity index (χ1v) is 7.55. The summed E-state index contributed by atoms with van der Waals surface area (Å²) < 4.78 is 0. The molecule has 2 aliphatic rings. The molecule has 3 heteroatoms. The van der Waals surface area contributed by atoms with E-state index in [-0.39, 0.29) is 6.10 Å². The zero-order valence-electron chi connectivity index (χ0n) is 10.3. The molecule has 0 saturated heterocycles. The van der Waals surface area contributed by atoms with Gasteiger partial charge in [-0.3, -0.25) is 0 Å². The summed E-state index contributed by atoms with van der Waals surface area (Å²) in [6.45, 7) is 0. The molecule has 1 nitrogen and oxygen atoms in total. The quantitative estimate of drug-likeness (QED) is 0.876. The van der Waals surface area contributed by atoms with Gasteiger partial charge in [0.2, 0.25) is 0 Å². The minimum absolute atomic E-state index is 0.282. The molecule has 2 saturated carbocycles. The molecule has 2 fully saturated rings. The van der Waals surface area contributed by atoms with E-state index in [4.69, 9.17) is 23.2 Å². The van der Waals surface area contributed by atoms with E-state index in [9.17, 15) is 5.11 Å². The predicted octanol–water partition coefficient (Wildman–Crippen LogP) is 4.33. The van der Waals surface area contributed by atoms with Crippen LogP contribution in [0, 0.1) is 17.8 Å². The normalized spacial score (nSPS) is 31.8. The van der Waals surface area contributed by atoms with Gasteiger partial charge in [0.05, 0.1) is 6.10 Å². The lowest BCUT2D eigenvalue weighted by atomic mass is 10.0. The average Bonchev–Trinajstić information content (AvgIpc) is 3.08. The first kappa shape index (κ1) is 12.8. The topological polar surface area (TPSA) is 20.2 Å². The fraction of sp³-hybridized carbons (Fsp3) is 0.600. The zero-order chi connectivity index (χ0) is 12.7. The van der Waals surface area contributed by atoms with Crippen LogP contribution < -0.4 is 0 Å². The Morgan fingerprint density at radius 1 is 1.11 bits per heavy atom. The van der Waals surface area contributed by atoms with Crippen LogP contribution in [-0.2, 0) is 6.42 Å². The second-order valence-corrected chi connectivity index (χ2v) is 6.48. The Morgan fingerprint density at radius 3 is 2.22 bits per heavy atom. The van der Waals surface area contributed by atoms with Crippen LogP contribution in [0.4, 0.5) is 0 Å². The first-order valence-electron chi connectivity index (χ1n) is 6.79. The average molecular weight is 285 g/mol. The summed E-state index contributed by atoms with van der Waals surface area (Å²) in [6.07, 6.45) is 5.56. The monoisotopic (exact) mass is 284 g/mol. The van der Waals surface area contributed by atoms with E-state index in [0.717, 1.165) is 17.4 Å². The summed E-state index contributed by atoms with van der Waals surface area (Å²) in [5, 5.41) is 11.7. The van der Waals surface area contributed by atoms with Crippen LogP contribution in [0.15, 0.2) is 18.2 Å². The third-order valence-corrected chi connectivity index (χ3v) is 5.35. The maximum atomic E-state index is 10.4. The minimum Gasteiger partial charge on any atom is -0.392 e. The molecular weight excluding hydrogens is 267 g/mol. The van der Waals surface area contributed by atoms with Gasteiger partial charge in [-0.05, 0) is 48.3 Å². The second-order valence-electron chi connectivity index (χ2n) is 5.66. The summed E-state index contributed by atoms with van der Waals surface area (Å²) in [5.74, 6) is 2.00. The van der Waals surface area contributed by atoms with Crippen LogP contribution in [0.1, 0.15) is 31.2 Å². The number of rotatable bonds is 3. The van der Waals surface area contributed by atoms with Gasteiger partial charge in [0, 0.05) is 16.5 Å². The molecule has 1 N–H and O–H groups in total. The van der Waals surface area contributed by atoms with Crippen LogP contribution in [0.2, 0.25) is 10.0 Å². The van der Waals surface area contributed by atoms with Gasteiger partial charge < -0.3 is 5.11 Å². The first-order chi connectivity index (χ1) is 8.68. The zero-order valence-corrected chi connectivity index (χ0v) is 11.8. The van der Waals surface area contributed by atoms with E-state index in [1.54, 1.807) is 0 Å². The number of fused-ring (bicyclic) bond motifs is 1. The Labute approximate surface area is 118 Å². The molecule has 0 amide bonds. The number of hydrogen-bond donors (Lipinski definition) is 1. The van der Waals surface area contributed by atoms with E-state index in [1.807, 2.05) is 18.2 Å². The Morgan fingerprint density at radius 2 is 1.67 bits per heavy atom. The molecule has 3 rings (SSSR count). The number of benzene rings is 1. The molecule has 3 unspecified atom stereocenters. The molecule has 98 valence electrons. The van der Waals surface area contributed by atoms with Crippen LogP contribution in [0.25, 0.3) is 0 Å². The number of aliphatic hydroxyl groups is 1. The smallest absolute Gasteiger partial charge is 0.0615 e. The van der Waals surface area contributed by atoms with Gasteiger partial charge in [0.15, 0.2) is 0 Å².